The fourth-order valence-electron chi connectivity index (χ4n) is 1.54. The summed E-state index contributed by atoms with van der Waals surface area (Å²) < 4.78 is 0. The normalized spacial score (nSPS) is 12.1. The van der Waals surface area contributed by atoms with Gasteiger partial charge in [0.15, 0.2) is 0 Å². The van der Waals surface area contributed by atoms with Crippen molar-refractivity contribution in [3.8, 4) is 0 Å². The van der Waals surface area contributed by atoms with Gasteiger partial charge in [0, 0.05) is 11.4 Å². The van der Waals surface area contributed by atoms with E-state index in [-0.39, 0.29) is 19.3 Å². The van der Waals surface area contributed by atoms with Gasteiger partial charge in [0.2, 0.25) is 0 Å². The Labute approximate surface area is 104 Å². The largest absolute Gasteiger partial charge is 0.481 e. The lowest BCUT2D eigenvalue weighted by molar-refractivity contribution is -0.142. The third-order valence-electron chi connectivity index (χ3n) is 2.48. The second-order valence-corrected chi connectivity index (χ2v) is 4.17. The molecule has 92 valence electrons. The molecular formula is C12H13ClO4. The predicted octanol–water partition coefficient (Wildman–Crippen LogP) is 2.45. The third-order valence-corrected chi connectivity index (χ3v) is 2.85. The van der Waals surface area contributed by atoms with Crippen LogP contribution < -0.4 is 0 Å². The van der Waals surface area contributed by atoms with Crippen molar-refractivity contribution in [3.05, 3.63) is 34.9 Å². The molecule has 0 saturated carbocycles. The minimum Gasteiger partial charge on any atom is -0.481 e. The SMILES string of the molecule is O=C(O)CCC(Cc1ccccc1Cl)C(=O)O. The van der Waals surface area contributed by atoms with E-state index in [1.54, 1.807) is 24.3 Å². The lowest BCUT2D eigenvalue weighted by atomic mass is 9.95. The first-order valence-electron chi connectivity index (χ1n) is 5.18. The topological polar surface area (TPSA) is 74.6 Å². The van der Waals surface area contributed by atoms with Crippen molar-refractivity contribution in [2.24, 2.45) is 5.92 Å². The van der Waals surface area contributed by atoms with Gasteiger partial charge in [0.05, 0.1) is 5.92 Å². The van der Waals surface area contributed by atoms with Crippen molar-refractivity contribution < 1.29 is 19.8 Å². The number of hydrogen-bond acceptors (Lipinski definition) is 2. The molecule has 0 aliphatic heterocycles. The van der Waals surface area contributed by atoms with Gasteiger partial charge in [-0.05, 0) is 24.5 Å². The molecule has 2 N–H and O–H groups in total. The maximum atomic E-state index is 11.0. The van der Waals surface area contributed by atoms with Crippen molar-refractivity contribution in [3.63, 3.8) is 0 Å². The van der Waals surface area contributed by atoms with E-state index < -0.39 is 17.9 Å². The number of rotatable bonds is 6. The monoisotopic (exact) mass is 256 g/mol. The molecular weight excluding hydrogens is 244 g/mol. The summed E-state index contributed by atoms with van der Waals surface area (Å²) in [6.07, 6.45) is 0.208. The number of aliphatic carboxylic acids is 2. The van der Waals surface area contributed by atoms with Crippen LogP contribution in [0.5, 0.6) is 0 Å². The fraction of sp³-hybridized carbons (Fsp3) is 0.333. The van der Waals surface area contributed by atoms with Gasteiger partial charge in [-0.15, -0.1) is 0 Å². The van der Waals surface area contributed by atoms with Crippen molar-refractivity contribution in [2.45, 2.75) is 19.3 Å². The quantitative estimate of drug-likeness (QED) is 0.820. The lowest BCUT2D eigenvalue weighted by Gasteiger charge is -2.12. The first kappa shape index (κ1) is 13.5. The molecule has 0 amide bonds. The van der Waals surface area contributed by atoms with Crippen LogP contribution in [0.3, 0.4) is 0 Å². The molecule has 0 saturated heterocycles. The molecule has 0 heterocycles. The van der Waals surface area contributed by atoms with Gasteiger partial charge < -0.3 is 10.2 Å². The van der Waals surface area contributed by atoms with Crippen LogP contribution in [0.4, 0.5) is 0 Å². The zero-order valence-corrected chi connectivity index (χ0v) is 9.85. The average Bonchev–Trinajstić information content (AvgIpc) is 2.25. The summed E-state index contributed by atoms with van der Waals surface area (Å²) in [5, 5.41) is 18.1. The van der Waals surface area contributed by atoms with Crippen LogP contribution in [0.2, 0.25) is 5.02 Å². The molecule has 0 fully saturated rings. The molecule has 0 aliphatic carbocycles. The van der Waals surface area contributed by atoms with E-state index in [1.807, 2.05) is 0 Å². The number of benzene rings is 1. The van der Waals surface area contributed by atoms with E-state index in [0.29, 0.717) is 5.02 Å². The molecule has 0 aromatic heterocycles. The highest BCUT2D eigenvalue weighted by molar-refractivity contribution is 6.31. The zero-order valence-electron chi connectivity index (χ0n) is 9.10. The Morgan fingerprint density at radius 1 is 1.24 bits per heavy atom. The van der Waals surface area contributed by atoms with E-state index in [9.17, 15) is 9.59 Å². The van der Waals surface area contributed by atoms with Crippen LogP contribution in [0.25, 0.3) is 0 Å². The van der Waals surface area contributed by atoms with Gasteiger partial charge in [-0.3, -0.25) is 9.59 Å². The standard InChI is InChI=1S/C12H13ClO4/c13-10-4-2-1-3-8(10)7-9(12(16)17)5-6-11(14)15/h1-4,9H,5-7H2,(H,14,15)(H,16,17). The highest BCUT2D eigenvalue weighted by Crippen LogP contribution is 2.21. The van der Waals surface area contributed by atoms with E-state index in [4.69, 9.17) is 21.8 Å². The number of carbonyl (C=O) groups is 2. The van der Waals surface area contributed by atoms with Crippen LogP contribution in [0.15, 0.2) is 24.3 Å². The van der Waals surface area contributed by atoms with Crippen LogP contribution in [0, 0.1) is 5.92 Å². The maximum Gasteiger partial charge on any atom is 0.306 e. The Morgan fingerprint density at radius 2 is 1.88 bits per heavy atom. The van der Waals surface area contributed by atoms with Gasteiger partial charge in [-0.1, -0.05) is 29.8 Å². The van der Waals surface area contributed by atoms with Crippen molar-refractivity contribution in [2.75, 3.05) is 0 Å². The van der Waals surface area contributed by atoms with Gasteiger partial charge in [0.1, 0.15) is 0 Å². The average molecular weight is 257 g/mol. The van der Waals surface area contributed by atoms with Crippen LogP contribution in [0.1, 0.15) is 18.4 Å². The van der Waals surface area contributed by atoms with Crippen molar-refractivity contribution in [1.82, 2.24) is 0 Å². The minimum atomic E-state index is -0.994. The highest BCUT2D eigenvalue weighted by atomic mass is 35.5. The summed E-state index contributed by atoms with van der Waals surface area (Å²) in [7, 11) is 0. The number of carboxylic acid groups (broad SMARTS) is 2. The van der Waals surface area contributed by atoms with E-state index in [1.165, 1.54) is 0 Å². The van der Waals surface area contributed by atoms with Crippen molar-refractivity contribution >= 4 is 23.5 Å². The van der Waals surface area contributed by atoms with Gasteiger partial charge in [-0.2, -0.15) is 0 Å². The molecule has 4 nitrogen and oxygen atoms in total. The molecule has 0 bridgehead atoms. The third kappa shape index (κ3) is 4.44. The second-order valence-electron chi connectivity index (χ2n) is 3.76. The molecule has 0 radical (unpaired) electrons. The molecule has 1 aromatic rings. The number of carboxylic acids is 2. The van der Waals surface area contributed by atoms with Gasteiger partial charge >= 0.3 is 11.9 Å². The molecule has 1 unspecified atom stereocenters. The Bertz CT molecular complexity index is 417. The van der Waals surface area contributed by atoms with E-state index >= 15 is 0 Å². The molecule has 17 heavy (non-hydrogen) atoms. The van der Waals surface area contributed by atoms with E-state index in [2.05, 4.69) is 0 Å². The minimum absolute atomic E-state index is 0.107. The van der Waals surface area contributed by atoms with Crippen LogP contribution >= 0.6 is 11.6 Å². The van der Waals surface area contributed by atoms with Crippen LogP contribution in [-0.4, -0.2) is 22.2 Å². The summed E-state index contributed by atoms with van der Waals surface area (Å²) in [5.41, 5.74) is 0.729. The summed E-state index contributed by atoms with van der Waals surface area (Å²) in [5.74, 6) is -2.70. The Morgan fingerprint density at radius 3 is 2.41 bits per heavy atom. The molecule has 0 aliphatic rings. The van der Waals surface area contributed by atoms with Crippen LogP contribution in [-0.2, 0) is 16.0 Å². The Hall–Kier alpha value is -1.55. The molecule has 5 heteroatoms. The maximum absolute atomic E-state index is 11.0. The molecule has 1 atom stereocenters. The summed E-state index contributed by atoms with van der Waals surface area (Å²) >= 11 is 5.93. The summed E-state index contributed by atoms with van der Waals surface area (Å²) in [4.78, 5) is 21.4. The molecule has 1 rings (SSSR count). The second kappa shape index (κ2) is 6.25. The van der Waals surface area contributed by atoms with E-state index in [0.717, 1.165) is 5.56 Å². The number of halogens is 1. The first-order valence-corrected chi connectivity index (χ1v) is 5.56. The smallest absolute Gasteiger partial charge is 0.306 e. The summed E-state index contributed by atoms with van der Waals surface area (Å²) in [6, 6.07) is 6.97. The fourth-order valence-corrected chi connectivity index (χ4v) is 1.75. The molecule has 0 spiro atoms. The van der Waals surface area contributed by atoms with Crippen molar-refractivity contribution in [1.29, 1.82) is 0 Å². The Kier molecular flexibility index (Phi) is 4.97. The lowest BCUT2D eigenvalue weighted by Crippen LogP contribution is -2.18. The number of hydrogen-bond donors (Lipinski definition) is 2. The highest BCUT2D eigenvalue weighted by Gasteiger charge is 2.20. The van der Waals surface area contributed by atoms with Gasteiger partial charge in [0.25, 0.3) is 0 Å². The van der Waals surface area contributed by atoms with Gasteiger partial charge in [-0.25, -0.2) is 0 Å². The Balaban J connectivity index is 2.70. The first-order chi connectivity index (χ1) is 8.00. The predicted molar refractivity (Wildman–Crippen MR) is 63.2 cm³/mol. The molecule has 1 aromatic carbocycles. The zero-order chi connectivity index (χ0) is 12.8. The summed E-state index contributed by atoms with van der Waals surface area (Å²) in [6.45, 7) is 0.